The van der Waals surface area contributed by atoms with Crippen molar-refractivity contribution in [2.75, 3.05) is 6.16 Å². The van der Waals surface area contributed by atoms with Gasteiger partial charge in [0.2, 0.25) is 8.03 Å². The van der Waals surface area contributed by atoms with Crippen molar-refractivity contribution in [1.82, 2.24) is 0 Å². The SMILES string of the molecule is O=C(O)CCC[PH](=O)O.O=C(O)CCc1ccccc1[PH](=O)O. The van der Waals surface area contributed by atoms with E-state index in [-0.39, 0.29) is 19.0 Å². The van der Waals surface area contributed by atoms with Crippen LogP contribution in [-0.4, -0.2) is 38.1 Å². The van der Waals surface area contributed by atoms with Crippen LogP contribution in [0.15, 0.2) is 24.3 Å². The Balaban J connectivity index is 0.000000468. The number of aliphatic carboxylic acids is 2. The van der Waals surface area contributed by atoms with Crippen LogP contribution in [0.1, 0.15) is 24.8 Å². The van der Waals surface area contributed by atoms with E-state index in [4.69, 9.17) is 20.0 Å². The predicted molar refractivity (Wildman–Crippen MR) is 86.2 cm³/mol. The molecule has 0 spiro atoms. The molecular formula is C13H20O8P2. The van der Waals surface area contributed by atoms with Crippen LogP contribution in [0.2, 0.25) is 0 Å². The van der Waals surface area contributed by atoms with Gasteiger partial charge in [-0.05, 0) is 24.5 Å². The third-order valence-electron chi connectivity index (χ3n) is 2.64. The van der Waals surface area contributed by atoms with Gasteiger partial charge in [0.05, 0.1) is 0 Å². The zero-order chi connectivity index (χ0) is 17.8. The maximum atomic E-state index is 10.9. The molecule has 8 nitrogen and oxygen atoms in total. The molecule has 0 fully saturated rings. The lowest BCUT2D eigenvalue weighted by Gasteiger charge is -2.04. The quantitative estimate of drug-likeness (QED) is 0.500. The smallest absolute Gasteiger partial charge is 0.303 e. The molecule has 130 valence electrons. The topological polar surface area (TPSA) is 149 Å². The summed E-state index contributed by atoms with van der Waals surface area (Å²) in [4.78, 5) is 37.3. The molecule has 0 aromatic heterocycles. The van der Waals surface area contributed by atoms with E-state index in [0.717, 1.165) is 0 Å². The van der Waals surface area contributed by atoms with E-state index < -0.39 is 28.0 Å². The molecule has 0 aliphatic heterocycles. The maximum Gasteiger partial charge on any atom is 0.303 e. The zero-order valence-electron chi connectivity index (χ0n) is 12.3. The van der Waals surface area contributed by atoms with Crippen molar-refractivity contribution >= 4 is 33.3 Å². The first-order chi connectivity index (χ1) is 10.7. The van der Waals surface area contributed by atoms with Crippen LogP contribution in [-0.2, 0) is 25.1 Å². The largest absolute Gasteiger partial charge is 0.481 e. The van der Waals surface area contributed by atoms with Crippen molar-refractivity contribution in [1.29, 1.82) is 0 Å². The molecule has 23 heavy (non-hydrogen) atoms. The van der Waals surface area contributed by atoms with Crippen LogP contribution >= 0.6 is 16.1 Å². The first-order valence-electron chi connectivity index (χ1n) is 6.70. The van der Waals surface area contributed by atoms with Gasteiger partial charge >= 0.3 is 11.9 Å². The fourth-order valence-corrected chi connectivity index (χ4v) is 2.78. The van der Waals surface area contributed by atoms with Gasteiger partial charge in [-0.25, -0.2) is 0 Å². The van der Waals surface area contributed by atoms with Crippen LogP contribution in [0.3, 0.4) is 0 Å². The minimum atomic E-state index is -2.73. The minimum absolute atomic E-state index is 0.0169. The number of hydrogen-bond donors (Lipinski definition) is 4. The highest BCUT2D eigenvalue weighted by atomic mass is 31.1. The highest BCUT2D eigenvalue weighted by Gasteiger charge is 2.07. The Morgan fingerprint density at radius 3 is 2.00 bits per heavy atom. The fourth-order valence-electron chi connectivity index (χ4n) is 1.58. The molecule has 0 saturated carbocycles. The molecule has 10 heteroatoms. The maximum absolute atomic E-state index is 10.9. The van der Waals surface area contributed by atoms with Crippen molar-refractivity contribution in [3.05, 3.63) is 29.8 Å². The Hall–Kier alpha value is -1.46. The Morgan fingerprint density at radius 2 is 1.52 bits per heavy atom. The molecular weight excluding hydrogens is 346 g/mol. The highest BCUT2D eigenvalue weighted by Crippen LogP contribution is 2.17. The number of carboxylic acid groups (broad SMARTS) is 2. The van der Waals surface area contributed by atoms with Crippen LogP contribution < -0.4 is 5.30 Å². The molecule has 2 unspecified atom stereocenters. The van der Waals surface area contributed by atoms with E-state index in [0.29, 0.717) is 23.7 Å². The zero-order valence-corrected chi connectivity index (χ0v) is 14.3. The summed E-state index contributed by atoms with van der Waals surface area (Å²) < 4.78 is 20.9. The number of rotatable bonds is 8. The van der Waals surface area contributed by atoms with Gasteiger partial charge < -0.3 is 20.0 Å². The molecule has 0 aliphatic carbocycles. The monoisotopic (exact) mass is 366 g/mol. The predicted octanol–water partition coefficient (Wildman–Crippen LogP) is 1.11. The van der Waals surface area contributed by atoms with Crippen molar-refractivity contribution in [2.45, 2.75) is 25.7 Å². The first kappa shape index (κ1) is 21.5. The van der Waals surface area contributed by atoms with Crippen LogP contribution in [0.4, 0.5) is 0 Å². The van der Waals surface area contributed by atoms with E-state index in [1.807, 2.05) is 0 Å². The Morgan fingerprint density at radius 1 is 0.957 bits per heavy atom. The fraction of sp³-hybridized carbons (Fsp3) is 0.385. The van der Waals surface area contributed by atoms with Crippen LogP contribution in [0, 0.1) is 0 Å². The average Bonchev–Trinajstić information content (AvgIpc) is 2.45. The summed E-state index contributed by atoms with van der Waals surface area (Å²) in [6.07, 6.45) is 0.673. The highest BCUT2D eigenvalue weighted by molar-refractivity contribution is 7.47. The Bertz CT molecular complexity index is 559. The van der Waals surface area contributed by atoms with Gasteiger partial charge in [-0.2, -0.15) is 0 Å². The summed E-state index contributed by atoms with van der Waals surface area (Å²) in [5, 5.41) is 16.9. The van der Waals surface area contributed by atoms with Crippen molar-refractivity contribution < 1.29 is 38.7 Å². The second-order valence-electron chi connectivity index (χ2n) is 4.50. The lowest BCUT2D eigenvalue weighted by Crippen LogP contribution is -2.07. The number of carboxylic acids is 2. The molecule has 1 rings (SSSR count). The van der Waals surface area contributed by atoms with Gasteiger partial charge in [-0.15, -0.1) is 0 Å². The molecule has 4 N–H and O–H groups in total. The average molecular weight is 366 g/mol. The molecule has 2 atom stereocenters. The molecule has 0 amide bonds. The molecule has 1 aromatic rings. The number of aryl methyl sites for hydroxylation is 1. The van der Waals surface area contributed by atoms with E-state index in [1.165, 1.54) is 0 Å². The van der Waals surface area contributed by atoms with Gasteiger partial charge in [0.15, 0.2) is 8.03 Å². The van der Waals surface area contributed by atoms with Crippen LogP contribution in [0.25, 0.3) is 0 Å². The Labute approximate surface area is 134 Å². The van der Waals surface area contributed by atoms with Gasteiger partial charge in [0.1, 0.15) is 0 Å². The summed E-state index contributed by atoms with van der Waals surface area (Å²) in [5.41, 5.74) is 0.640. The summed E-state index contributed by atoms with van der Waals surface area (Å²) in [5.74, 6) is -1.82. The first-order valence-corrected chi connectivity index (χ1v) is 9.62. The van der Waals surface area contributed by atoms with Crippen LogP contribution in [0.5, 0.6) is 0 Å². The molecule has 0 bridgehead atoms. The summed E-state index contributed by atoms with van der Waals surface area (Å²) in [7, 11) is -5.18. The van der Waals surface area contributed by atoms with E-state index in [2.05, 4.69) is 0 Å². The summed E-state index contributed by atoms with van der Waals surface area (Å²) in [6, 6.07) is 6.62. The Kier molecular flexibility index (Phi) is 11.3. The molecule has 0 aliphatic rings. The normalized spacial score (nSPS) is 12.6. The van der Waals surface area contributed by atoms with E-state index in [1.54, 1.807) is 24.3 Å². The van der Waals surface area contributed by atoms with Gasteiger partial charge in [-0.1, -0.05) is 18.2 Å². The standard InChI is InChI=1S/C9H11O4P.C4H9O4P/c10-9(11)6-5-7-3-1-2-4-8(7)14(12)13;5-4(6)2-1-3-9(7)8/h1-4,14H,5-6H2,(H,10,11)(H,12,13);9H,1-3H2,(H,5,6)(H,7,8). The number of benzene rings is 1. The lowest BCUT2D eigenvalue weighted by molar-refractivity contribution is -0.138. The van der Waals surface area contributed by atoms with E-state index >= 15 is 0 Å². The molecule has 0 radical (unpaired) electrons. The second kappa shape index (κ2) is 12.0. The molecule has 1 aromatic carbocycles. The molecule has 0 saturated heterocycles. The van der Waals surface area contributed by atoms with Crippen molar-refractivity contribution in [3.8, 4) is 0 Å². The van der Waals surface area contributed by atoms with Gasteiger partial charge in [0, 0.05) is 24.3 Å². The van der Waals surface area contributed by atoms with Crippen molar-refractivity contribution in [3.63, 3.8) is 0 Å². The molecule has 0 heterocycles. The minimum Gasteiger partial charge on any atom is -0.481 e. The van der Waals surface area contributed by atoms with Gasteiger partial charge in [-0.3, -0.25) is 18.7 Å². The number of hydrogen-bond acceptors (Lipinski definition) is 4. The lowest BCUT2D eigenvalue weighted by atomic mass is 10.1. The summed E-state index contributed by atoms with van der Waals surface area (Å²) in [6.45, 7) is 0. The second-order valence-corrected chi connectivity index (χ2v) is 6.93. The summed E-state index contributed by atoms with van der Waals surface area (Å²) >= 11 is 0. The van der Waals surface area contributed by atoms with Gasteiger partial charge in [0.25, 0.3) is 0 Å². The number of carbonyl (C=O) groups is 2. The van der Waals surface area contributed by atoms with Crippen molar-refractivity contribution in [2.24, 2.45) is 0 Å². The third-order valence-corrected chi connectivity index (χ3v) is 4.37. The third kappa shape index (κ3) is 11.7. The van der Waals surface area contributed by atoms with E-state index in [9.17, 15) is 18.7 Å².